The minimum absolute atomic E-state index is 0.200. The maximum atomic E-state index is 14.8. The van der Waals surface area contributed by atoms with Crippen molar-refractivity contribution >= 4 is 0 Å². The molecule has 23 heavy (non-hydrogen) atoms. The summed E-state index contributed by atoms with van der Waals surface area (Å²) in [5.74, 6) is -0.200. The van der Waals surface area contributed by atoms with Crippen LogP contribution in [0.25, 0.3) is 0 Å². The zero-order valence-electron chi connectivity index (χ0n) is 13.4. The minimum Gasteiger partial charge on any atom is -0.292 e. The molecule has 1 nitrogen and oxygen atoms in total. The Kier molecular flexibility index (Phi) is 4.26. The quantitative estimate of drug-likeness (QED) is 0.633. The fraction of sp³-hybridized carbons (Fsp3) is 0.143. The topological polar surface area (TPSA) is 3.24 Å². The van der Waals surface area contributed by atoms with Crippen LogP contribution in [0.15, 0.2) is 84.9 Å². The number of benzene rings is 3. The van der Waals surface area contributed by atoms with Crippen molar-refractivity contribution < 1.29 is 4.39 Å². The summed E-state index contributed by atoms with van der Waals surface area (Å²) in [4.78, 5) is 2.08. The molecule has 0 unspecified atom stereocenters. The lowest BCUT2D eigenvalue weighted by atomic mass is 9.76. The van der Waals surface area contributed by atoms with Gasteiger partial charge in [0.2, 0.25) is 0 Å². The van der Waals surface area contributed by atoms with Crippen molar-refractivity contribution in [3.63, 3.8) is 0 Å². The molecule has 0 aromatic heterocycles. The minimum atomic E-state index is -0.673. The van der Waals surface area contributed by atoms with E-state index in [0.717, 1.165) is 11.1 Å². The van der Waals surface area contributed by atoms with Gasteiger partial charge in [0.1, 0.15) is 5.82 Å². The van der Waals surface area contributed by atoms with Crippen LogP contribution in [-0.4, -0.2) is 19.0 Å². The van der Waals surface area contributed by atoms with E-state index in [2.05, 4.69) is 29.2 Å². The van der Waals surface area contributed by atoms with Crippen molar-refractivity contribution in [1.82, 2.24) is 4.90 Å². The van der Waals surface area contributed by atoms with Crippen molar-refractivity contribution in [3.8, 4) is 0 Å². The van der Waals surface area contributed by atoms with Crippen LogP contribution in [0.4, 0.5) is 4.39 Å². The van der Waals surface area contributed by atoms with Gasteiger partial charge >= 0.3 is 0 Å². The molecule has 116 valence electrons. The predicted octanol–water partition coefficient (Wildman–Crippen LogP) is 4.68. The first-order chi connectivity index (χ1) is 11.2. The Morgan fingerprint density at radius 1 is 0.652 bits per heavy atom. The smallest absolute Gasteiger partial charge is 0.128 e. The highest BCUT2D eigenvalue weighted by Gasteiger charge is 2.40. The number of rotatable bonds is 4. The summed E-state index contributed by atoms with van der Waals surface area (Å²) in [6.45, 7) is 0. The van der Waals surface area contributed by atoms with Crippen LogP contribution in [0, 0.1) is 5.82 Å². The summed E-state index contributed by atoms with van der Waals surface area (Å²) in [5, 5.41) is 0. The second-order valence-electron chi connectivity index (χ2n) is 5.82. The Balaban J connectivity index is 2.39. The maximum Gasteiger partial charge on any atom is 0.128 e. The van der Waals surface area contributed by atoms with Gasteiger partial charge in [-0.05, 0) is 31.3 Å². The Hall–Kier alpha value is -2.45. The average Bonchev–Trinajstić information content (AvgIpc) is 2.59. The summed E-state index contributed by atoms with van der Waals surface area (Å²) in [5.41, 5.74) is 2.07. The molecule has 2 heteroatoms. The first-order valence-electron chi connectivity index (χ1n) is 7.71. The normalized spacial score (nSPS) is 11.7. The molecule has 0 atom stereocenters. The Labute approximate surface area is 137 Å². The largest absolute Gasteiger partial charge is 0.292 e. The third kappa shape index (κ3) is 2.55. The van der Waals surface area contributed by atoms with Gasteiger partial charge in [-0.15, -0.1) is 0 Å². The summed E-state index contributed by atoms with van der Waals surface area (Å²) in [6, 6.07) is 27.2. The lowest BCUT2D eigenvalue weighted by molar-refractivity contribution is 0.240. The first-order valence-corrected chi connectivity index (χ1v) is 7.71. The van der Waals surface area contributed by atoms with Crippen LogP contribution < -0.4 is 0 Å². The zero-order valence-corrected chi connectivity index (χ0v) is 13.4. The summed E-state index contributed by atoms with van der Waals surface area (Å²) in [6.07, 6.45) is 0. The Morgan fingerprint density at radius 3 is 1.52 bits per heavy atom. The van der Waals surface area contributed by atoms with Gasteiger partial charge in [0, 0.05) is 5.56 Å². The first kappa shape index (κ1) is 15.4. The van der Waals surface area contributed by atoms with E-state index >= 15 is 0 Å². The average molecular weight is 305 g/mol. The molecular formula is C21H20FN. The molecule has 0 aliphatic carbocycles. The molecule has 0 heterocycles. The SMILES string of the molecule is CN(C)C(c1ccccc1)(c1ccccc1)c1ccccc1F. The summed E-state index contributed by atoms with van der Waals surface area (Å²) >= 11 is 0. The Morgan fingerprint density at radius 2 is 1.09 bits per heavy atom. The van der Waals surface area contributed by atoms with Gasteiger partial charge in [-0.2, -0.15) is 0 Å². The zero-order chi connectivity index (χ0) is 16.3. The molecular weight excluding hydrogens is 285 g/mol. The molecule has 0 saturated heterocycles. The number of nitrogens with zero attached hydrogens (tertiary/aromatic N) is 1. The highest BCUT2D eigenvalue weighted by Crippen LogP contribution is 2.41. The van der Waals surface area contributed by atoms with Crippen LogP contribution in [0.3, 0.4) is 0 Å². The Bertz CT molecular complexity index is 727. The number of halogens is 1. The third-order valence-corrected chi connectivity index (χ3v) is 4.32. The van der Waals surface area contributed by atoms with Crippen LogP contribution >= 0.6 is 0 Å². The van der Waals surface area contributed by atoms with Crippen molar-refractivity contribution in [2.45, 2.75) is 5.54 Å². The summed E-state index contributed by atoms with van der Waals surface area (Å²) in [7, 11) is 3.98. The summed E-state index contributed by atoms with van der Waals surface area (Å²) < 4.78 is 14.8. The van der Waals surface area contributed by atoms with E-state index in [1.54, 1.807) is 6.07 Å². The molecule has 0 amide bonds. The van der Waals surface area contributed by atoms with Gasteiger partial charge in [-0.3, -0.25) is 4.90 Å². The van der Waals surface area contributed by atoms with Crippen LogP contribution in [0.2, 0.25) is 0 Å². The molecule has 0 fully saturated rings. The second kappa shape index (κ2) is 6.35. The van der Waals surface area contributed by atoms with Gasteiger partial charge < -0.3 is 0 Å². The van der Waals surface area contributed by atoms with Gasteiger partial charge in [-0.25, -0.2) is 4.39 Å². The van der Waals surface area contributed by atoms with Gasteiger partial charge in [0.15, 0.2) is 0 Å². The molecule has 3 aromatic rings. The second-order valence-corrected chi connectivity index (χ2v) is 5.82. The molecule has 0 spiro atoms. The maximum absolute atomic E-state index is 14.8. The van der Waals surface area contributed by atoms with E-state index in [0.29, 0.717) is 5.56 Å². The van der Waals surface area contributed by atoms with E-state index < -0.39 is 5.54 Å². The highest BCUT2D eigenvalue weighted by molar-refractivity contribution is 5.49. The van der Waals surface area contributed by atoms with Crippen molar-refractivity contribution in [2.75, 3.05) is 14.1 Å². The van der Waals surface area contributed by atoms with Crippen LogP contribution in [-0.2, 0) is 5.54 Å². The van der Waals surface area contributed by atoms with Crippen LogP contribution in [0.5, 0.6) is 0 Å². The predicted molar refractivity (Wildman–Crippen MR) is 92.9 cm³/mol. The molecule has 3 aromatic carbocycles. The standard InChI is InChI=1S/C21H20FN/c1-23(2)21(17-11-5-3-6-12-17,18-13-7-4-8-14-18)19-15-9-10-16-20(19)22/h3-16H,1-2H3. The molecule has 0 N–H and O–H groups in total. The third-order valence-electron chi connectivity index (χ3n) is 4.32. The van der Waals surface area contributed by atoms with Crippen molar-refractivity contribution in [3.05, 3.63) is 107 Å². The van der Waals surface area contributed by atoms with E-state index in [1.165, 1.54) is 6.07 Å². The molecule has 0 radical (unpaired) electrons. The lowest BCUT2D eigenvalue weighted by Gasteiger charge is -2.41. The van der Waals surface area contributed by atoms with Crippen LogP contribution in [0.1, 0.15) is 16.7 Å². The van der Waals surface area contributed by atoms with E-state index in [4.69, 9.17) is 0 Å². The fourth-order valence-electron chi connectivity index (χ4n) is 3.35. The van der Waals surface area contributed by atoms with Gasteiger partial charge in [-0.1, -0.05) is 78.9 Å². The number of hydrogen-bond acceptors (Lipinski definition) is 1. The molecule has 0 aliphatic heterocycles. The fourth-order valence-corrected chi connectivity index (χ4v) is 3.35. The molecule has 0 bridgehead atoms. The van der Waals surface area contributed by atoms with Gasteiger partial charge in [0.25, 0.3) is 0 Å². The monoisotopic (exact) mass is 305 g/mol. The van der Waals surface area contributed by atoms with Gasteiger partial charge in [0.05, 0.1) is 5.54 Å². The van der Waals surface area contributed by atoms with E-state index in [9.17, 15) is 4.39 Å². The molecule has 0 aliphatic rings. The van der Waals surface area contributed by atoms with E-state index in [-0.39, 0.29) is 5.82 Å². The molecule has 0 saturated carbocycles. The van der Waals surface area contributed by atoms with E-state index in [1.807, 2.05) is 62.6 Å². The van der Waals surface area contributed by atoms with Crippen molar-refractivity contribution in [1.29, 1.82) is 0 Å². The lowest BCUT2D eigenvalue weighted by Crippen LogP contribution is -2.44. The van der Waals surface area contributed by atoms with Crippen molar-refractivity contribution in [2.24, 2.45) is 0 Å². The molecule has 3 rings (SSSR count). The highest BCUT2D eigenvalue weighted by atomic mass is 19.1. The number of hydrogen-bond donors (Lipinski definition) is 0.